The Morgan fingerprint density at radius 2 is 1.88 bits per heavy atom. The third-order valence-corrected chi connectivity index (χ3v) is 6.85. The second-order valence-electron chi connectivity index (χ2n) is 6.63. The summed E-state index contributed by atoms with van der Waals surface area (Å²) in [6.45, 7) is 3.08. The Morgan fingerprint density at radius 3 is 2.46 bits per heavy atom. The number of ether oxygens (including phenoxy) is 2. The van der Waals surface area contributed by atoms with Crippen LogP contribution < -0.4 is 0 Å². The molecule has 0 saturated carbocycles. The van der Waals surface area contributed by atoms with E-state index in [1.54, 1.807) is 24.3 Å². The van der Waals surface area contributed by atoms with Gasteiger partial charge in [-0.1, -0.05) is 17.7 Å². The molecule has 0 N–H and O–H groups in total. The van der Waals surface area contributed by atoms with Gasteiger partial charge in [0.25, 0.3) is 10.0 Å². The number of sulfonamides is 1. The highest BCUT2D eigenvalue weighted by molar-refractivity contribution is 7.89. The van der Waals surface area contributed by atoms with Crippen molar-refractivity contribution in [1.29, 1.82) is 0 Å². The number of hydrogen-bond acceptors (Lipinski definition) is 5. The molecule has 2 heterocycles. The van der Waals surface area contributed by atoms with Gasteiger partial charge in [0.1, 0.15) is 0 Å². The fourth-order valence-corrected chi connectivity index (χ4v) is 5.30. The molecule has 2 aliphatic heterocycles. The van der Waals surface area contributed by atoms with E-state index in [9.17, 15) is 13.2 Å². The monoisotopic (exact) mass is 353 g/mol. The standard InChI is InChI=1S/C17H23NO5S/c1-13-3-5-15(6-4-13)24(20,21)18-14(12-22-2)11-17(16(18)19)7-9-23-10-8-17/h3-6,14H,7-12H2,1-2H3. The lowest BCUT2D eigenvalue weighted by Gasteiger charge is -2.31. The van der Waals surface area contributed by atoms with Gasteiger partial charge in [0.2, 0.25) is 5.91 Å². The Hall–Kier alpha value is -1.44. The van der Waals surface area contributed by atoms with Crippen LogP contribution in [0, 0.1) is 12.3 Å². The molecule has 0 aliphatic carbocycles. The van der Waals surface area contributed by atoms with E-state index in [0.29, 0.717) is 32.5 Å². The van der Waals surface area contributed by atoms with E-state index < -0.39 is 21.5 Å². The first-order valence-corrected chi connectivity index (χ1v) is 9.57. The number of nitrogens with zero attached hydrogens (tertiary/aromatic N) is 1. The van der Waals surface area contributed by atoms with Gasteiger partial charge in [-0.15, -0.1) is 0 Å². The number of carbonyl (C=O) groups excluding carboxylic acids is 1. The second-order valence-corrected chi connectivity index (χ2v) is 8.44. The molecule has 1 unspecified atom stereocenters. The lowest BCUT2D eigenvalue weighted by atomic mass is 9.78. The maximum Gasteiger partial charge on any atom is 0.266 e. The molecular formula is C17H23NO5S. The van der Waals surface area contributed by atoms with E-state index in [-0.39, 0.29) is 17.4 Å². The maximum absolute atomic E-state index is 13.1. The van der Waals surface area contributed by atoms with Crippen LogP contribution in [-0.2, 0) is 24.3 Å². The molecule has 2 saturated heterocycles. The highest BCUT2D eigenvalue weighted by atomic mass is 32.2. The molecule has 1 amide bonds. The molecule has 0 radical (unpaired) electrons. The van der Waals surface area contributed by atoms with Crippen LogP contribution >= 0.6 is 0 Å². The number of rotatable bonds is 4. The zero-order chi connectivity index (χ0) is 17.4. The number of hydrogen-bond donors (Lipinski definition) is 0. The van der Waals surface area contributed by atoms with E-state index in [2.05, 4.69) is 0 Å². The van der Waals surface area contributed by atoms with Crippen molar-refractivity contribution in [3.8, 4) is 0 Å². The number of amides is 1. The van der Waals surface area contributed by atoms with Crippen molar-refractivity contribution < 1.29 is 22.7 Å². The van der Waals surface area contributed by atoms with Gasteiger partial charge in [-0.25, -0.2) is 12.7 Å². The highest BCUT2D eigenvalue weighted by Gasteiger charge is 2.56. The molecule has 2 fully saturated rings. The summed E-state index contributed by atoms with van der Waals surface area (Å²) < 4.78 is 37.8. The summed E-state index contributed by atoms with van der Waals surface area (Å²) in [7, 11) is -2.36. The number of methoxy groups -OCH3 is 1. The zero-order valence-electron chi connectivity index (χ0n) is 14.0. The second kappa shape index (κ2) is 6.46. The molecule has 0 bridgehead atoms. The fraction of sp³-hybridized carbons (Fsp3) is 0.588. The molecule has 132 valence electrons. The molecular weight excluding hydrogens is 330 g/mol. The lowest BCUT2D eigenvalue weighted by Crippen LogP contribution is -2.44. The third-order valence-electron chi connectivity index (χ3n) is 5.00. The highest BCUT2D eigenvalue weighted by Crippen LogP contribution is 2.46. The Balaban J connectivity index is 1.99. The summed E-state index contributed by atoms with van der Waals surface area (Å²) in [5, 5.41) is 0. The molecule has 6 nitrogen and oxygen atoms in total. The maximum atomic E-state index is 13.1. The Morgan fingerprint density at radius 1 is 1.25 bits per heavy atom. The summed E-state index contributed by atoms with van der Waals surface area (Å²) in [6.07, 6.45) is 1.62. The Bertz CT molecular complexity index is 707. The van der Waals surface area contributed by atoms with Crippen LogP contribution in [0.2, 0.25) is 0 Å². The van der Waals surface area contributed by atoms with Crippen LogP contribution in [0.4, 0.5) is 0 Å². The van der Waals surface area contributed by atoms with Crippen molar-refractivity contribution in [2.45, 2.75) is 37.1 Å². The molecule has 24 heavy (non-hydrogen) atoms. The van der Waals surface area contributed by atoms with Crippen LogP contribution in [0.25, 0.3) is 0 Å². The average Bonchev–Trinajstić information content (AvgIpc) is 2.81. The van der Waals surface area contributed by atoms with Crippen molar-refractivity contribution in [2.75, 3.05) is 26.9 Å². The smallest absolute Gasteiger partial charge is 0.266 e. The van der Waals surface area contributed by atoms with E-state index in [4.69, 9.17) is 9.47 Å². The van der Waals surface area contributed by atoms with Crippen molar-refractivity contribution in [3.63, 3.8) is 0 Å². The van der Waals surface area contributed by atoms with Crippen LogP contribution in [0.1, 0.15) is 24.8 Å². The minimum atomic E-state index is -3.89. The number of benzene rings is 1. The van der Waals surface area contributed by atoms with Crippen molar-refractivity contribution >= 4 is 15.9 Å². The summed E-state index contributed by atoms with van der Waals surface area (Å²) in [5.74, 6) is -0.312. The number of carbonyl (C=O) groups is 1. The van der Waals surface area contributed by atoms with Gasteiger partial charge in [0.15, 0.2) is 0 Å². The van der Waals surface area contributed by atoms with Crippen molar-refractivity contribution in [2.24, 2.45) is 5.41 Å². The molecule has 1 aromatic carbocycles. The van der Waals surface area contributed by atoms with Gasteiger partial charge in [-0.2, -0.15) is 0 Å². The Kier molecular flexibility index (Phi) is 4.68. The van der Waals surface area contributed by atoms with E-state index in [0.717, 1.165) is 9.87 Å². The van der Waals surface area contributed by atoms with Gasteiger partial charge >= 0.3 is 0 Å². The minimum absolute atomic E-state index is 0.145. The van der Waals surface area contributed by atoms with Gasteiger partial charge < -0.3 is 9.47 Å². The summed E-state index contributed by atoms with van der Waals surface area (Å²) in [6, 6.07) is 6.12. The normalized spacial score (nSPS) is 23.8. The SMILES string of the molecule is COCC1CC2(CCOCC2)C(=O)N1S(=O)(=O)c1ccc(C)cc1. The van der Waals surface area contributed by atoms with Crippen molar-refractivity contribution in [1.82, 2.24) is 4.31 Å². The van der Waals surface area contributed by atoms with Crippen LogP contribution in [0.3, 0.4) is 0 Å². The molecule has 0 aromatic heterocycles. The zero-order valence-corrected chi connectivity index (χ0v) is 14.8. The molecule has 2 aliphatic rings. The third kappa shape index (κ3) is 2.85. The van der Waals surface area contributed by atoms with Crippen LogP contribution in [-0.4, -0.2) is 51.6 Å². The predicted molar refractivity (Wildman–Crippen MR) is 88.0 cm³/mol. The fourth-order valence-electron chi connectivity index (χ4n) is 3.65. The summed E-state index contributed by atoms with van der Waals surface area (Å²) in [5.41, 5.74) is 0.329. The largest absolute Gasteiger partial charge is 0.383 e. The van der Waals surface area contributed by atoms with E-state index >= 15 is 0 Å². The summed E-state index contributed by atoms with van der Waals surface area (Å²) >= 11 is 0. The molecule has 7 heteroatoms. The molecule has 1 atom stereocenters. The Labute approximate surface area is 142 Å². The van der Waals surface area contributed by atoms with Gasteiger partial charge in [-0.05, 0) is 38.3 Å². The first-order valence-electron chi connectivity index (χ1n) is 8.13. The van der Waals surface area contributed by atoms with Crippen molar-refractivity contribution in [3.05, 3.63) is 29.8 Å². The van der Waals surface area contributed by atoms with Crippen LogP contribution in [0.5, 0.6) is 0 Å². The molecule has 1 spiro atoms. The lowest BCUT2D eigenvalue weighted by molar-refractivity contribution is -0.137. The molecule has 1 aromatic rings. The number of aryl methyl sites for hydroxylation is 1. The quantitative estimate of drug-likeness (QED) is 0.824. The van der Waals surface area contributed by atoms with E-state index in [1.165, 1.54) is 7.11 Å². The minimum Gasteiger partial charge on any atom is -0.383 e. The first-order chi connectivity index (χ1) is 11.4. The van der Waals surface area contributed by atoms with Gasteiger partial charge in [-0.3, -0.25) is 4.79 Å². The van der Waals surface area contributed by atoms with Gasteiger partial charge in [0, 0.05) is 20.3 Å². The predicted octanol–water partition coefficient (Wildman–Crippen LogP) is 1.73. The first kappa shape index (κ1) is 17.4. The molecule has 3 rings (SSSR count). The topological polar surface area (TPSA) is 72.9 Å². The van der Waals surface area contributed by atoms with E-state index in [1.807, 2.05) is 6.92 Å². The van der Waals surface area contributed by atoms with Crippen LogP contribution in [0.15, 0.2) is 29.2 Å². The summed E-state index contributed by atoms with van der Waals surface area (Å²) in [4.78, 5) is 13.2. The van der Waals surface area contributed by atoms with Gasteiger partial charge in [0.05, 0.1) is 23.0 Å². The average molecular weight is 353 g/mol.